The molecule has 1 aromatic heterocycles. The zero-order chi connectivity index (χ0) is 17.8. The van der Waals surface area contributed by atoms with Crippen molar-refractivity contribution >= 4 is 11.0 Å². The van der Waals surface area contributed by atoms with Crippen molar-refractivity contribution in [3.8, 4) is 5.75 Å². The second kappa shape index (κ2) is 7.70. The first kappa shape index (κ1) is 17.5. The van der Waals surface area contributed by atoms with E-state index in [-0.39, 0.29) is 6.61 Å². The van der Waals surface area contributed by atoms with Crippen LogP contribution >= 0.6 is 0 Å². The Labute approximate surface area is 149 Å². The fourth-order valence-electron chi connectivity index (χ4n) is 3.07. The molecule has 132 valence electrons. The predicted octanol–water partition coefficient (Wildman–Crippen LogP) is 4.05. The van der Waals surface area contributed by atoms with E-state index in [9.17, 15) is 5.11 Å². The van der Waals surface area contributed by atoms with Gasteiger partial charge in [-0.25, -0.2) is 4.98 Å². The summed E-state index contributed by atoms with van der Waals surface area (Å²) in [5.41, 5.74) is 4.36. The second-order valence-electron chi connectivity index (χ2n) is 6.54. The number of hydrogen-bond acceptors (Lipinski definition) is 3. The topological polar surface area (TPSA) is 47.3 Å². The SMILES string of the molecule is CCCc1nc2ccccc2n1C[C@H](O)COc1cccc(C)c1C. The maximum Gasteiger partial charge on any atom is 0.122 e. The van der Waals surface area contributed by atoms with E-state index >= 15 is 0 Å². The van der Waals surface area contributed by atoms with Crippen LogP contribution in [-0.4, -0.2) is 27.4 Å². The smallest absolute Gasteiger partial charge is 0.122 e. The molecule has 0 unspecified atom stereocenters. The molecule has 25 heavy (non-hydrogen) atoms. The van der Waals surface area contributed by atoms with Crippen LogP contribution in [0.25, 0.3) is 11.0 Å². The third-order valence-corrected chi connectivity index (χ3v) is 4.59. The highest BCUT2D eigenvalue weighted by Crippen LogP contribution is 2.21. The lowest BCUT2D eigenvalue weighted by molar-refractivity contribution is 0.0923. The molecular formula is C21H26N2O2. The first-order valence-electron chi connectivity index (χ1n) is 8.91. The summed E-state index contributed by atoms with van der Waals surface area (Å²) in [5, 5.41) is 10.5. The van der Waals surface area contributed by atoms with Gasteiger partial charge in [0.1, 0.15) is 24.3 Å². The molecule has 0 radical (unpaired) electrons. The van der Waals surface area contributed by atoms with Crippen LogP contribution in [0.5, 0.6) is 5.75 Å². The molecule has 3 rings (SSSR count). The average molecular weight is 338 g/mol. The van der Waals surface area contributed by atoms with E-state index in [0.29, 0.717) is 6.54 Å². The molecule has 0 fully saturated rings. The van der Waals surface area contributed by atoms with E-state index in [2.05, 4.69) is 30.5 Å². The lowest BCUT2D eigenvalue weighted by atomic mass is 10.1. The molecule has 0 aliphatic heterocycles. The van der Waals surface area contributed by atoms with E-state index in [1.54, 1.807) is 0 Å². The Morgan fingerprint density at radius 1 is 1.12 bits per heavy atom. The molecule has 1 atom stereocenters. The monoisotopic (exact) mass is 338 g/mol. The Morgan fingerprint density at radius 3 is 2.72 bits per heavy atom. The average Bonchev–Trinajstić information content (AvgIpc) is 2.94. The summed E-state index contributed by atoms with van der Waals surface area (Å²) in [4.78, 5) is 4.71. The molecule has 0 aliphatic carbocycles. The maximum absolute atomic E-state index is 10.5. The summed E-state index contributed by atoms with van der Waals surface area (Å²) < 4.78 is 7.98. The minimum Gasteiger partial charge on any atom is -0.491 e. The van der Waals surface area contributed by atoms with E-state index in [4.69, 9.17) is 9.72 Å². The molecule has 4 heteroatoms. The summed E-state index contributed by atoms with van der Waals surface area (Å²) in [6.45, 7) is 7.00. The molecule has 0 aliphatic rings. The molecule has 0 saturated carbocycles. The third kappa shape index (κ3) is 3.85. The van der Waals surface area contributed by atoms with Crippen molar-refractivity contribution < 1.29 is 9.84 Å². The summed E-state index contributed by atoms with van der Waals surface area (Å²) in [6, 6.07) is 14.1. The molecule has 2 aromatic carbocycles. The molecule has 0 amide bonds. The first-order chi connectivity index (χ1) is 12.1. The Morgan fingerprint density at radius 2 is 1.92 bits per heavy atom. The highest BCUT2D eigenvalue weighted by molar-refractivity contribution is 5.75. The number of ether oxygens (including phenoxy) is 1. The van der Waals surface area contributed by atoms with Crippen LogP contribution in [0.15, 0.2) is 42.5 Å². The van der Waals surface area contributed by atoms with Gasteiger partial charge in [-0.15, -0.1) is 0 Å². The first-order valence-corrected chi connectivity index (χ1v) is 8.91. The van der Waals surface area contributed by atoms with Crippen LogP contribution in [0.4, 0.5) is 0 Å². The van der Waals surface area contributed by atoms with Crippen molar-refractivity contribution in [3.05, 3.63) is 59.4 Å². The minimum atomic E-state index is -0.590. The fourth-order valence-corrected chi connectivity index (χ4v) is 3.07. The normalized spacial score (nSPS) is 12.5. The zero-order valence-electron chi connectivity index (χ0n) is 15.2. The van der Waals surface area contributed by atoms with Gasteiger partial charge in [0, 0.05) is 6.42 Å². The lowest BCUT2D eigenvalue weighted by Crippen LogP contribution is -2.24. The Hall–Kier alpha value is -2.33. The zero-order valence-corrected chi connectivity index (χ0v) is 15.2. The molecule has 3 aromatic rings. The van der Waals surface area contributed by atoms with Crippen LogP contribution in [0.3, 0.4) is 0 Å². The molecule has 4 nitrogen and oxygen atoms in total. The maximum atomic E-state index is 10.5. The molecular weight excluding hydrogens is 312 g/mol. The Balaban J connectivity index is 1.74. The lowest BCUT2D eigenvalue weighted by Gasteiger charge is -2.17. The highest BCUT2D eigenvalue weighted by atomic mass is 16.5. The van der Waals surface area contributed by atoms with Gasteiger partial charge < -0.3 is 14.4 Å². The minimum absolute atomic E-state index is 0.266. The molecule has 1 heterocycles. The predicted molar refractivity (Wildman–Crippen MR) is 101 cm³/mol. The van der Waals surface area contributed by atoms with Crippen LogP contribution in [-0.2, 0) is 13.0 Å². The number of aromatic nitrogens is 2. The van der Waals surface area contributed by atoms with Crippen LogP contribution in [0.1, 0.15) is 30.3 Å². The van der Waals surface area contributed by atoms with Gasteiger partial charge in [0.15, 0.2) is 0 Å². The van der Waals surface area contributed by atoms with Crippen molar-refractivity contribution in [2.45, 2.75) is 46.3 Å². The van der Waals surface area contributed by atoms with Crippen molar-refractivity contribution in [2.24, 2.45) is 0 Å². The second-order valence-corrected chi connectivity index (χ2v) is 6.54. The van der Waals surface area contributed by atoms with Crippen LogP contribution < -0.4 is 4.74 Å². The number of para-hydroxylation sites is 2. The van der Waals surface area contributed by atoms with Gasteiger partial charge in [0.25, 0.3) is 0 Å². The van der Waals surface area contributed by atoms with Crippen LogP contribution in [0.2, 0.25) is 0 Å². The molecule has 0 spiro atoms. The van der Waals surface area contributed by atoms with Crippen LogP contribution in [0, 0.1) is 13.8 Å². The number of fused-ring (bicyclic) bond motifs is 1. The van der Waals surface area contributed by atoms with Gasteiger partial charge in [0.05, 0.1) is 17.6 Å². The number of rotatable bonds is 7. The highest BCUT2D eigenvalue weighted by Gasteiger charge is 2.14. The van der Waals surface area contributed by atoms with Crippen molar-refractivity contribution in [3.63, 3.8) is 0 Å². The molecule has 0 saturated heterocycles. The van der Waals surface area contributed by atoms with Gasteiger partial charge in [0.2, 0.25) is 0 Å². The summed E-state index contributed by atoms with van der Waals surface area (Å²) in [6.07, 6.45) is 1.34. The van der Waals surface area contributed by atoms with Crippen molar-refractivity contribution in [2.75, 3.05) is 6.61 Å². The van der Waals surface area contributed by atoms with Gasteiger partial charge >= 0.3 is 0 Å². The van der Waals surface area contributed by atoms with Gasteiger partial charge in [-0.3, -0.25) is 0 Å². The number of nitrogens with zero attached hydrogens (tertiary/aromatic N) is 2. The van der Waals surface area contributed by atoms with Crippen molar-refractivity contribution in [1.82, 2.24) is 9.55 Å². The largest absolute Gasteiger partial charge is 0.491 e. The standard InChI is InChI=1S/C21H26N2O2/c1-4-8-21-22-18-10-5-6-11-19(18)23(21)13-17(24)14-25-20-12-7-9-15(2)16(20)3/h5-7,9-12,17,24H,4,8,13-14H2,1-3H3/t17-/m0/s1. The Kier molecular flexibility index (Phi) is 5.39. The third-order valence-electron chi connectivity index (χ3n) is 4.59. The Bertz CT molecular complexity index is 854. The summed E-state index contributed by atoms with van der Waals surface area (Å²) in [5.74, 6) is 1.86. The van der Waals surface area contributed by atoms with E-state index in [0.717, 1.165) is 41.0 Å². The number of benzene rings is 2. The number of aryl methyl sites for hydroxylation is 2. The molecule has 0 bridgehead atoms. The van der Waals surface area contributed by atoms with E-state index in [1.165, 1.54) is 5.56 Å². The van der Waals surface area contributed by atoms with Crippen molar-refractivity contribution in [1.29, 1.82) is 0 Å². The summed E-state index contributed by atoms with van der Waals surface area (Å²) >= 11 is 0. The van der Waals surface area contributed by atoms with E-state index in [1.807, 2.05) is 37.3 Å². The number of aliphatic hydroxyl groups is 1. The summed E-state index contributed by atoms with van der Waals surface area (Å²) in [7, 11) is 0. The van der Waals surface area contributed by atoms with Gasteiger partial charge in [-0.2, -0.15) is 0 Å². The van der Waals surface area contributed by atoms with E-state index < -0.39 is 6.10 Å². The quantitative estimate of drug-likeness (QED) is 0.707. The van der Waals surface area contributed by atoms with Gasteiger partial charge in [-0.05, 0) is 49.6 Å². The number of hydrogen-bond donors (Lipinski definition) is 1. The molecule has 1 N–H and O–H groups in total. The van der Waals surface area contributed by atoms with Gasteiger partial charge in [-0.1, -0.05) is 31.2 Å². The number of imidazole rings is 1. The number of aliphatic hydroxyl groups excluding tert-OH is 1. The fraction of sp³-hybridized carbons (Fsp3) is 0.381.